The van der Waals surface area contributed by atoms with E-state index in [1.807, 2.05) is 74.5 Å². The van der Waals surface area contributed by atoms with Crippen LogP contribution in [-0.4, -0.2) is 20.0 Å². The lowest BCUT2D eigenvalue weighted by atomic mass is 9.96. The fraction of sp³-hybridized carbons (Fsp3) is 0.240. The molecule has 0 aliphatic rings. The van der Waals surface area contributed by atoms with Crippen LogP contribution in [-0.2, 0) is 0 Å². The molecule has 0 saturated carbocycles. The molecule has 1 N–H and O–H groups in total. The van der Waals surface area contributed by atoms with Gasteiger partial charge < -0.3 is 14.8 Å². The molecule has 0 radical (unpaired) electrons. The number of ether oxygens (including phenoxy) is 2. The van der Waals surface area contributed by atoms with Gasteiger partial charge in [0.15, 0.2) is 17.3 Å². The van der Waals surface area contributed by atoms with Gasteiger partial charge in [0.1, 0.15) is 0 Å². The van der Waals surface area contributed by atoms with Crippen molar-refractivity contribution in [1.29, 1.82) is 0 Å². The summed E-state index contributed by atoms with van der Waals surface area (Å²) in [6.07, 6.45) is 0.326. The van der Waals surface area contributed by atoms with Gasteiger partial charge >= 0.3 is 0 Å². The molecule has 4 nitrogen and oxygen atoms in total. The second-order valence-electron chi connectivity index (χ2n) is 7.17. The molecule has 3 aromatic carbocycles. The van der Waals surface area contributed by atoms with E-state index in [0.717, 1.165) is 22.4 Å². The van der Waals surface area contributed by atoms with Gasteiger partial charge in [0.05, 0.1) is 20.3 Å². The topological polar surface area (TPSA) is 47.6 Å². The van der Waals surface area contributed by atoms with Crippen LogP contribution in [0.25, 0.3) is 0 Å². The number of ketones is 1. The van der Waals surface area contributed by atoms with Crippen LogP contribution in [0.1, 0.15) is 39.5 Å². The van der Waals surface area contributed by atoms with E-state index in [0.29, 0.717) is 23.5 Å². The predicted molar refractivity (Wildman–Crippen MR) is 117 cm³/mol. The van der Waals surface area contributed by atoms with Crippen molar-refractivity contribution >= 4 is 11.5 Å². The number of nitrogens with one attached hydrogen (secondary N) is 1. The zero-order valence-corrected chi connectivity index (χ0v) is 17.4. The third-order valence-electron chi connectivity index (χ3n) is 4.93. The lowest BCUT2D eigenvalue weighted by molar-refractivity contribution is 0.0976. The molecule has 3 aromatic rings. The maximum Gasteiger partial charge on any atom is 0.165 e. The number of aryl methyl sites for hydroxylation is 2. The van der Waals surface area contributed by atoms with Crippen molar-refractivity contribution in [1.82, 2.24) is 0 Å². The Morgan fingerprint density at radius 2 is 1.59 bits per heavy atom. The van der Waals surface area contributed by atoms with Crippen molar-refractivity contribution in [2.75, 3.05) is 19.5 Å². The normalized spacial score (nSPS) is 11.6. The minimum atomic E-state index is -0.203. The van der Waals surface area contributed by atoms with Gasteiger partial charge in [-0.2, -0.15) is 0 Å². The third-order valence-corrected chi connectivity index (χ3v) is 4.93. The van der Waals surface area contributed by atoms with Crippen LogP contribution in [0.4, 0.5) is 5.69 Å². The van der Waals surface area contributed by atoms with Crippen LogP contribution < -0.4 is 14.8 Å². The number of carbonyl (C=O) groups is 1. The summed E-state index contributed by atoms with van der Waals surface area (Å²) in [5.74, 6) is 1.39. The van der Waals surface area contributed by atoms with Crippen molar-refractivity contribution in [2.24, 2.45) is 0 Å². The summed E-state index contributed by atoms with van der Waals surface area (Å²) in [7, 11) is 3.23. The minimum Gasteiger partial charge on any atom is -0.493 e. The highest BCUT2D eigenvalue weighted by atomic mass is 16.5. The summed E-state index contributed by atoms with van der Waals surface area (Å²) in [4.78, 5) is 13.0. The number of carbonyl (C=O) groups excluding carboxylic acids is 1. The van der Waals surface area contributed by atoms with Gasteiger partial charge in [-0.3, -0.25) is 4.79 Å². The molecule has 4 heteroatoms. The second-order valence-corrected chi connectivity index (χ2v) is 7.17. The van der Waals surface area contributed by atoms with E-state index < -0.39 is 0 Å². The molecule has 150 valence electrons. The zero-order chi connectivity index (χ0) is 20.8. The molecular formula is C25H27NO3. The van der Waals surface area contributed by atoms with E-state index in [2.05, 4.69) is 11.4 Å². The molecule has 0 fully saturated rings. The molecule has 0 amide bonds. The van der Waals surface area contributed by atoms with Gasteiger partial charge in [-0.1, -0.05) is 48.0 Å². The molecule has 3 rings (SSSR count). The Balaban J connectivity index is 1.92. The molecule has 0 saturated heterocycles. The first-order valence-electron chi connectivity index (χ1n) is 9.65. The van der Waals surface area contributed by atoms with E-state index in [-0.39, 0.29) is 11.8 Å². The Kier molecular flexibility index (Phi) is 6.55. The largest absolute Gasteiger partial charge is 0.493 e. The van der Waals surface area contributed by atoms with Crippen molar-refractivity contribution < 1.29 is 14.3 Å². The fourth-order valence-electron chi connectivity index (χ4n) is 3.30. The highest BCUT2D eigenvalue weighted by Gasteiger charge is 2.19. The van der Waals surface area contributed by atoms with Gasteiger partial charge in [-0.15, -0.1) is 0 Å². The summed E-state index contributed by atoms with van der Waals surface area (Å²) in [6.45, 7) is 4.06. The minimum absolute atomic E-state index is 0.0879. The average Bonchev–Trinajstić information content (AvgIpc) is 2.73. The zero-order valence-electron chi connectivity index (χ0n) is 17.4. The number of anilines is 1. The van der Waals surface area contributed by atoms with E-state index >= 15 is 0 Å². The number of hydrogen-bond donors (Lipinski definition) is 1. The predicted octanol–water partition coefficient (Wildman–Crippen LogP) is 5.75. The van der Waals surface area contributed by atoms with Crippen molar-refractivity contribution in [3.63, 3.8) is 0 Å². The monoisotopic (exact) mass is 389 g/mol. The highest BCUT2D eigenvalue weighted by Crippen LogP contribution is 2.33. The van der Waals surface area contributed by atoms with E-state index in [1.54, 1.807) is 14.2 Å². The molecule has 0 aliphatic heterocycles. The fourth-order valence-corrected chi connectivity index (χ4v) is 3.30. The lowest BCUT2D eigenvalue weighted by Crippen LogP contribution is -2.16. The van der Waals surface area contributed by atoms with Crippen LogP contribution in [0.2, 0.25) is 0 Å². The number of rotatable bonds is 8. The summed E-state index contributed by atoms with van der Waals surface area (Å²) >= 11 is 0. The van der Waals surface area contributed by atoms with Crippen LogP contribution >= 0.6 is 0 Å². The van der Waals surface area contributed by atoms with Crippen molar-refractivity contribution in [3.8, 4) is 11.5 Å². The number of benzene rings is 3. The standard InChI is InChI=1S/C25H27NO3/c1-17-8-10-19(11-9-17)23(27)16-22(26-21-7-5-6-18(2)14-21)20-12-13-24(28-3)25(15-20)29-4/h5-15,22,26H,16H2,1-4H3. The van der Waals surface area contributed by atoms with Crippen molar-refractivity contribution in [2.45, 2.75) is 26.3 Å². The Hall–Kier alpha value is -3.27. The lowest BCUT2D eigenvalue weighted by Gasteiger charge is -2.21. The molecular weight excluding hydrogens is 362 g/mol. The van der Waals surface area contributed by atoms with Gasteiger partial charge in [-0.05, 0) is 49.2 Å². The molecule has 0 aliphatic carbocycles. The van der Waals surface area contributed by atoms with Crippen LogP contribution in [0.5, 0.6) is 11.5 Å². The number of hydrogen-bond acceptors (Lipinski definition) is 4. The maximum absolute atomic E-state index is 13.0. The van der Waals surface area contributed by atoms with E-state index in [1.165, 1.54) is 0 Å². The Morgan fingerprint density at radius 1 is 0.862 bits per heavy atom. The molecule has 0 aromatic heterocycles. The van der Waals surface area contributed by atoms with Crippen LogP contribution in [0.3, 0.4) is 0 Å². The van der Waals surface area contributed by atoms with Gasteiger partial charge in [-0.25, -0.2) is 0 Å². The number of Topliss-reactive ketones (excluding diaryl/α,β-unsaturated/α-hetero) is 1. The Labute approximate surface area is 172 Å². The SMILES string of the molecule is COc1ccc(C(CC(=O)c2ccc(C)cc2)Nc2cccc(C)c2)cc1OC. The Morgan fingerprint density at radius 3 is 2.24 bits per heavy atom. The van der Waals surface area contributed by atoms with Crippen molar-refractivity contribution in [3.05, 3.63) is 89.0 Å². The maximum atomic E-state index is 13.0. The van der Waals surface area contributed by atoms with Crippen LogP contribution in [0.15, 0.2) is 66.7 Å². The van der Waals surface area contributed by atoms with Crippen LogP contribution in [0, 0.1) is 13.8 Å². The molecule has 0 bridgehead atoms. The molecule has 1 atom stereocenters. The molecule has 0 spiro atoms. The quantitative estimate of drug-likeness (QED) is 0.499. The van der Waals surface area contributed by atoms with E-state index in [4.69, 9.17) is 9.47 Å². The summed E-state index contributed by atoms with van der Waals surface area (Å²) < 4.78 is 10.8. The first kappa shape index (κ1) is 20.5. The smallest absolute Gasteiger partial charge is 0.165 e. The first-order valence-corrected chi connectivity index (χ1v) is 9.65. The summed E-state index contributed by atoms with van der Waals surface area (Å²) in [5.41, 5.74) is 4.94. The summed E-state index contributed by atoms with van der Waals surface area (Å²) in [6, 6.07) is 21.4. The van der Waals surface area contributed by atoms with Gasteiger partial charge in [0, 0.05) is 17.7 Å². The second kappa shape index (κ2) is 9.28. The molecule has 1 unspecified atom stereocenters. The first-order chi connectivity index (χ1) is 14.0. The number of methoxy groups -OCH3 is 2. The third kappa shape index (κ3) is 5.17. The Bertz CT molecular complexity index is 980. The average molecular weight is 389 g/mol. The van der Waals surface area contributed by atoms with E-state index in [9.17, 15) is 4.79 Å². The summed E-state index contributed by atoms with van der Waals surface area (Å²) in [5, 5.41) is 3.52. The highest BCUT2D eigenvalue weighted by molar-refractivity contribution is 5.96. The van der Waals surface area contributed by atoms with Gasteiger partial charge in [0.2, 0.25) is 0 Å². The molecule has 29 heavy (non-hydrogen) atoms. The van der Waals surface area contributed by atoms with Gasteiger partial charge in [0.25, 0.3) is 0 Å². The molecule has 0 heterocycles.